The molecule has 15 heteroatoms. The van der Waals surface area contributed by atoms with Gasteiger partial charge >= 0.3 is 24.0 Å². The van der Waals surface area contributed by atoms with Crippen molar-refractivity contribution >= 4 is 91.5 Å². The van der Waals surface area contributed by atoms with Gasteiger partial charge in [-0.3, -0.25) is 10.2 Å². The molecule has 0 saturated carbocycles. The number of hydrogen-bond acceptors (Lipinski definition) is 10. The SMILES string of the molecule is C=CC(=O)OCC.CC(C)(C)OC(=O)n1nc(I)c2ccccc21.CCOC(=O)/C=C/c1n[nH]c2ccccc12.O=C(O)/C=C/c1n[nH]c2ccccc12. The van der Waals surface area contributed by atoms with Crippen LogP contribution in [0.2, 0.25) is 0 Å². The van der Waals surface area contributed by atoms with Crippen LogP contribution < -0.4 is 0 Å². The molecule has 3 aromatic heterocycles. The fraction of sp³-hybridized carbons (Fsp3) is 0.205. The van der Waals surface area contributed by atoms with Crippen molar-refractivity contribution in [3.63, 3.8) is 0 Å². The molecule has 54 heavy (non-hydrogen) atoms. The molecule has 3 heterocycles. The maximum absolute atomic E-state index is 12.0. The zero-order chi connectivity index (χ0) is 39.7. The Kier molecular flexibility index (Phi) is 16.3. The number of fused-ring (bicyclic) bond motifs is 3. The second-order valence-corrected chi connectivity index (χ2v) is 12.7. The predicted octanol–water partition coefficient (Wildman–Crippen LogP) is 7.96. The molecule has 0 amide bonds. The first-order chi connectivity index (χ1) is 25.8. The van der Waals surface area contributed by atoms with E-state index in [0.29, 0.717) is 18.9 Å². The highest BCUT2D eigenvalue weighted by molar-refractivity contribution is 14.1. The summed E-state index contributed by atoms with van der Waals surface area (Å²) in [6.07, 6.45) is 6.27. The summed E-state index contributed by atoms with van der Waals surface area (Å²) < 4.78 is 16.6. The molecule has 282 valence electrons. The van der Waals surface area contributed by atoms with Crippen molar-refractivity contribution < 1.29 is 38.5 Å². The molecule has 0 bridgehead atoms. The average molecular weight is 849 g/mol. The number of esters is 2. The number of nitrogens with zero attached hydrogens (tertiary/aromatic N) is 4. The van der Waals surface area contributed by atoms with Gasteiger partial charge in [-0.15, -0.1) is 0 Å². The molecule has 6 rings (SSSR count). The number of aromatic nitrogens is 6. The highest BCUT2D eigenvalue weighted by atomic mass is 127. The van der Waals surface area contributed by atoms with Crippen LogP contribution in [0.1, 0.15) is 46.0 Å². The zero-order valence-electron chi connectivity index (χ0n) is 30.4. The highest BCUT2D eigenvalue weighted by Crippen LogP contribution is 2.21. The van der Waals surface area contributed by atoms with Crippen LogP contribution in [0, 0.1) is 3.70 Å². The van der Waals surface area contributed by atoms with E-state index in [1.165, 1.54) is 16.8 Å². The van der Waals surface area contributed by atoms with Crippen molar-refractivity contribution in [3.8, 4) is 0 Å². The number of para-hydroxylation sites is 3. The minimum absolute atomic E-state index is 0.352. The Balaban J connectivity index is 0.000000201. The van der Waals surface area contributed by atoms with Gasteiger partial charge in [0.15, 0.2) is 0 Å². The lowest BCUT2D eigenvalue weighted by molar-refractivity contribution is -0.138. The van der Waals surface area contributed by atoms with Crippen LogP contribution in [-0.4, -0.2) is 78.1 Å². The van der Waals surface area contributed by atoms with Gasteiger partial charge in [-0.2, -0.15) is 20.0 Å². The monoisotopic (exact) mass is 848 g/mol. The summed E-state index contributed by atoms with van der Waals surface area (Å²) in [5.41, 5.74) is 3.48. The fourth-order valence-corrected chi connectivity index (χ4v) is 5.06. The van der Waals surface area contributed by atoms with Crippen LogP contribution in [0.15, 0.2) is 97.6 Å². The van der Waals surface area contributed by atoms with E-state index in [1.807, 2.05) is 93.6 Å². The number of aliphatic carboxylic acids is 1. The van der Waals surface area contributed by atoms with E-state index in [2.05, 4.69) is 59.4 Å². The van der Waals surface area contributed by atoms with Crippen LogP contribution in [-0.2, 0) is 28.6 Å². The first kappa shape index (κ1) is 42.3. The number of halogens is 1. The largest absolute Gasteiger partial charge is 0.478 e. The van der Waals surface area contributed by atoms with Gasteiger partial charge in [-0.25, -0.2) is 19.2 Å². The van der Waals surface area contributed by atoms with E-state index in [-0.39, 0.29) is 11.9 Å². The second-order valence-electron chi connectivity index (χ2n) is 11.7. The minimum Gasteiger partial charge on any atom is -0.478 e. The Morgan fingerprint density at radius 3 is 1.74 bits per heavy atom. The maximum Gasteiger partial charge on any atom is 0.435 e. The van der Waals surface area contributed by atoms with Gasteiger partial charge in [0.1, 0.15) is 9.30 Å². The number of carboxylic acids is 1. The third-order valence-corrected chi connectivity index (χ3v) is 7.41. The zero-order valence-corrected chi connectivity index (χ0v) is 32.6. The highest BCUT2D eigenvalue weighted by Gasteiger charge is 2.21. The summed E-state index contributed by atoms with van der Waals surface area (Å²) in [7, 11) is 0. The minimum atomic E-state index is -0.975. The number of carboxylic acid groups (broad SMARTS) is 1. The molecular formula is C39H41IN6O8. The number of benzene rings is 3. The lowest BCUT2D eigenvalue weighted by atomic mass is 10.2. The van der Waals surface area contributed by atoms with E-state index in [0.717, 1.165) is 54.3 Å². The molecule has 3 aromatic carbocycles. The third kappa shape index (κ3) is 13.1. The van der Waals surface area contributed by atoms with E-state index in [4.69, 9.17) is 14.6 Å². The summed E-state index contributed by atoms with van der Waals surface area (Å²) in [6, 6.07) is 22.9. The summed E-state index contributed by atoms with van der Waals surface area (Å²) in [5.74, 6) is -1.69. The molecule has 0 spiro atoms. The molecule has 0 aliphatic heterocycles. The average Bonchev–Trinajstić information content (AvgIpc) is 3.85. The van der Waals surface area contributed by atoms with E-state index in [1.54, 1.807) is 19.9 Å². The first-order valence-electron chi connectivity index (χ1n) is 16.6. The van der Waals surface area contributed by atoms with Crippen LogP contribution in [0.4, 0.5) is 4.79 Å². The van der Waals surface area contributed by atoms with Crippen LogP contribution in [0.25, 0.3) is 44.9 Å². The van der Waals surface area contributed by atoms with Crippen LogP contribution in [0.3, 0.4) is 0 Å². The Bertz CT molecular complexity index is 2260. The standard InChI is InChI=1S/C12H13IN2O2.C12H12N2O2.C10H8N2O2.C5H8O2/c1-12(2,3)17-11(16)15-9-7-5-4-6-8(9)10(13)14-15;1-2-16-12(15)8-7-11-9-5-3-4-6-10(9)13-14-11;13-10(14)6-5-9-7-3-1-2-4-8(7)11-12-9;1-3-5(6)7-4-2/h4-7H,1-3H3;3-8H,2H2,1H3,(H,13,14);1-6H,(H,11,12)(H,13,14);3H,1,4H2,2H3/b;8-7+;6-5+;. The number of nitrogens with one attached hydrogen (secondary N) is 2. The number of aromatic amines is 2. The van der Waals surface area contributed by atoms with Gasteiger partial charge < -0.3 is 19.3 Å². The van der Waals surface area contributed by atoms with E-state index >= 15 is 0 Å². The molecule has 0 fully saturated rings. The Hall–Kier alpha value is -6.10. The van der Waals surface area contributed by atoms with Crippen molar-refractivity contribution in [1.82, 2.24) is 30.2 Å². The molecule has 6 aromatic rings. The molecular weight excluding hydrogens is 807 g/mol. The van der Waals surface area contributed by atoms with Crippen molar-refractivity contribution in [2.24, 2.45) is 0 Å². The number of H-pyrrole nitrogens is 2. The molecule has 0 atom stereocenters. The van der Waals surface area contributed by atoms with Gasteiger partial charge in [-0.1, -0.05) is 61.2 Å². The molecule has 3 N–H and O–H groups in total. The summed E-state index contributed by atoms with van der Waals surface area (Å²) in [5, 5.41) is 29.3. The molecule has 14 nitrogen and oxygen atoms in total. The van der Waals surface area contributed by atoms with Gasteiger partial charge in [0.2, 0.25) is 0 Å². The van der Waals surface area contributed by atoms with Crippen molar-refractivity contribution in [1.29, 1.82) is 0 Å². The van der Waals surface area contributed by atoms with E-state index < -0.39 is 17.7 Å². The summed E-state index contributed by atoms with van der Waals surface area (Å²) in [4.78, 5) is 43.5. The van der Waals surface area contributed by atoms with Crippen molar-refractivity contribution in [3.05, 3.63) is 113 Å². The van der Waals surface area contributed by atoms with Crippen LogP contribution in [0.5, 0.6) is 0 Å². The normalized spacial score (nSPS) is 10.9. The van der Waals surface area contributed by atoms with Gasteiger partial charge in [0, 0.05) is 34.4 Å². The summed E-state index contributed by atoms with van der Waals surface area (Å²) >= 11 is 2.11. The van der Waals surface area contributed by atoms with E-state index in [9.17, 15) is 19.2 Å². The number of ether oxygens (including phenoxy) is 3. The predicted molar refractivity (Wildman–Crippen MR) is 215 cm³/mol. The Morgan fingerprint density at radius 2 is 1.26 bits per heavy atom. The van der Waals surface area contributed by atoms with Crippen molar-refractivity contribution in [2.45, 2.75) is 40.2 Å². The number of rotatable bonds is 7. The second kappa shape index (κ2) is 20.8. The quantitative estimate of drug-likeness (QED) is 0.0611. The summed E-state index contributed by atoms with van der Waals surface area (Å²) in [6.45, 7) is 13.0. The number of carbonyl (C=O) groups is 4. The lowest BCUT2D eigenvalue weighted by Gasteiger charge is -2.19. The third-order valence-electron chi connectivity index (χ3n) is 6.61. The molecule has 0 unspecified atom stereocenters. The number of hydrogen-bond donors (Lipinski definition) is 3. The van der Waals surface area contributed by atoms with Crippen molar-refractivity contribution in [2.75, 3.05) is 13.2 Å². The Labute approximate surface area is 325 Å². The smallest absolute Gasteiger partial charge is 0.435 e. The molecule has 0 aliphatic carbocycles. The fourth-order valence-electron chi connectivity index (χ4n) is 4.38. The topological polar surface area (TPSA) is 191 Å². The van der Waals surface area contributed by atoms with Gasteiger partial charge in [0.25, 0.3) is 0 Å². The number of carbonyl (C=O) groups excluding carboxylic acids is 3. The molecule has 0 aliphatic rings. The van der Waals surface area contributed by atoms with Gasteiger partial charge in [0.05, 0.1) is 41.2 Å². The van der Waals surface area contributed by atoms with Crippen LogP contribution >= 0.6 is 22.6 Å². The maximum atomic E-state index is 12.0. The van der Waals surface area contributed by atoms with Gasteiger partial charge in [-0.05, 0) is 87.6 Å². The molecule has 0 radical (unpaired) electrons. The lowest BCUT2D eigenvalue weighted by Crippen LogP contribution is -2.27. The first-order valence-corrected chi connectivity index (χ1v) is 17.6. The molecule has 0 saturated heterocycles. The Morgan fingerprint density at radius 1 is 0.778 bits per heavy atom.